The highest BCUT2D eigenvalue weighted by molar-refractivity contribution is 5.92. The van der Waals surface area contributed by atoms with Crippen LogP contribution in [0.3, 0.4) is 0 Å². The van der Waals surface area contributed by atoms with E-state index in [1.54, 1.807) is 48.5 Å². The SMILES string of the molecule is CCCCOc1ccc(-c2ccc(OC(=O)c3ccc(-c4ccc(OCCC)cc4)c(F)c3F)cc2)cc1F. The number of rotatable bonds is 11. The third-order valence-electron chi connectivity index (χ3n) is 6.03. The molecule has 7 heteroatoms. The first kappa shape index (κ1) is 27.8. The van der Waals surface area contributed by atoms with Gasteiger partial charge in [-0.2, -0.15) is 0 Å². The van der Waals surface area contributed by atoms with Gasteiger partial charge in [0.05, 0.1) is 18.8 Å². The lowest BCUT2D eigenvalue weighted by atomic mass is 10.0. The van der Waals surface area contributed by atoms with Crippen molar-refractivity contribution in [1.29, 1.82) is 0 Å². The van der Waals surface area contributed by atoms with Gasteiger partial charge in [0, 0.05) is 5.56 Å². The zero-order valence-electron chi connectivity index (χ0n) is 21.8. The largest absolute Gasteiger partial charge is 0.494 e. The van der Waals surface area contributed by atoms with Crippen LogP contribution in [0.5, 0.6) is 17.2 Å². The van der Waals surface area contributed by atoms with Gasteiger partial charge in [-0.25, -0.2) is 18.0 Å². The molecule has 0 radical (unpaired) electrons. The summed E-state index contributed by atoms with van der Waals surface area (Å²) in [6.45, 7) is 5.02. The molecule has 0 saturated carbocycles. The second-order valence-electron chi connectivity index (χ2n) is 8.92. The van der Waals surface area contributed by atoms with Crippen molar-refractivity contribution in [2.75, 3.05) is 13.2 Å². The second-order valence-corrected chi connectivity index (χ2v) is 8.92. The average Bonchev–Trinajstić information content (AvgIpc) is 2.95. The van der Waals surface area contributed by atoms with E-state index in [1.165, 1.54) is 30.3 Å². The molecule has 0 bridgehead atoms. The molecule has 0 spiro atoms. The molecule has 0 saturated heterocycles. The van der Waals surface area contributed by atoms with Crippen LogP contribution in [0.4, 0.5) is 13.2 Å². The highest BCUT2D eigenvalue weighted by atomic mass is 19.2. The summed E-state index contributed by atoms with van der Waals surface area (Å²) in [5, 5.41) is 0. The molecule has 0 amide bonds. The number of benzene rings is 4. The fourth-order valence-electron chi connectivity index (χ4n) is 3.88. The van der Waals surface area contributed by atoms with E-state index < -0.39 is 29.0 Å². The third kappa shape index (κ3) is 6.79. The van der Waals surface area contributed by atoms with Gasteiger partial charge in [-0.1, -0.05) is 56.7 Å². The molecule has 4 rings (SSSR count). The van der Waals surface area contributed by atoms with Crippen molar-refractivity contribution in [3.63, 3.8) is 0 Å². The van der Waals surface area contributed by atoms with Crippen molar-refractivity contribution >= 4 is 5.97 Å². The van der Waals surface area contributed by atoms with Crippen LogP contribution in [0.1, 0.15) is 43.5 Å². The predicted molar refractivity (Wildman–Crippen MR) is 145 cm³/mol. The van der Waals surface area contributed by atoms with Gasteiger partial charge in [-0.15, -0.1) is 0 Å². The number of carbonyl (C=O) groups is 1. The second kappa shape index (κ2) is 13.0. The molecule has 0 aliphatic heterocycles. The van der Waals surface area contributed by atoms with Gasteiger partial charge in [0.15, 0.2) is 23.2 Å². The van der Waals surface area contributed by atoms with Crippen LogP contribution in [-0.4, -0.2) is 19.2 Å². The standard InChI is InChI=1S/C32H29F3O4/c1-3-5-19-38-29-17-10-23(20-28(29)33)21-6-13-25(14-7-21)39-32(36)27-16-15-26(30(34)31(27)35)22-8-11-24(12-9-22)37-18-4-2/h6-17,20H,3-5,18-19H2,1-2H3. The summed E-state index contributed by atoms with van der Waals surface area (Å²) in [5.41, 5.74) is 1.24. The molecule has 0 unspecified atom stereocenters. The minimum absolute atomic E-state index is 0.0180. The monoisotopic (exact) mass is 534 g/mol. The molecule has 0 aromatic heterocycles. The Labute approximate surface area is 226 Å². The van der Waals surface area contributed by atoms with E-state index in [0.29, 0.717) is 35.7 Å². The maximum Gasteiger partial charge on any atom is 0.346 e. The molecular weight excluding hydrogens is 505 g/mol. The molecule has 39 heavy (non-hydrogen) atoms. The molecular formula is C32H29F3O4. The van der Waals surface area contributed by atoms with Gasteiger partial charge in [0.1, 0.15) is 11.5 Å². The normalized spacial score (nSPS) is 10.8. The summed E-state index contributed by atoms with van der Waals surface area (Å²) in [4.78, 5) is 12.6. The molecule has 0 aliphatic rings. The molecule has 4 aromatic rings. The number of halogens is 3. The molecule has 202 valence electrons. The number of hydrogen-bond donors (Lipinski definition) is 0. The number of carbonyl (C=O) groups excluding carboxylic acids is 1. The van der Waals surface area contributed by atoms with Gasteiger partial charge in [0.25, 0.3) is 0 Å². The third-order valence-corrected chi connectivity index (χ3v) is 6.03. The number of hydrogen-bond acceptors (Lipinski definition) is 4. The first-order valence-electron chi connectivity index (χ1n) is 12.9. The van der Waals surface area contributed by atoms with Crippen molar-refractivity contribution in [3.05, 3.63) is 102 Å². The Morgan fingerprint density at radius 3 is 2.00 bits per heavy atom. The van der Waals surface area contributed by atoms with Gasteiger partial charge in [0.2, 0.25) is 0 Å². The van der Waals surface area contributed by atoms with Crippen LogP contribution in [0, 0.1) is 17.5 Å². The summed E-state index contributed by atoms with van der Waals surface area (Å²) < 4.78 is 60.4. The van der Waals surface area contributed by atoms with Gasteiger partial charge >= 0.3 is 5.97 Å². The van der Waals surface area contributed by atoms with Crippen LogP contribution in [0.25, 0.3) is 22.3 Å². The molecule has 4 nitrogen and oxygen atoms in total. The minimum atomic E-state index is -1.29. The molecule has 0 N–H and O–H groups in total. The zero-order valence-corrected chi connectivity index (χ0v) is 21.8. The van der Waals surface area contributed by atoms with Crippen molar-refractivity contribution in [2.45, 2.75) is 33.1 Å². The Morgan fingerprint density at radius 2 is 1.33 bits per heavy atom. The summed E-state index contributed by atoms with van der Waals surface area (Å²) in [7, 11) is 0. The average molecular weight is 535 g/mol. The van der Waals surface area contributed by atoms with Gasteiger partial charge in [-0.3, -0.25) is 0 Å². The highest BCUT2D eigenvalue weighted by Gasteiger charge is 2.21. The zero-order chi connectivity index (χ0) is 27.8. The van der Waals surface area contributed by atoms with E-state index in [-0.39, 0.29) is 17.1 Å². The van der Waals surface area contributed by atoms with E-state index in [4.69, 9.17) is 14.2 Å². The Balaban J connectivity index is 1.44. The van der Waals surface area contributed by atoms with Crippen LogP contribution in [0.15, 0.2) is 78.9 Å². The van der Waals surface area contributed by atoms with Crippen LogP contribution in [0.2, 0.25) is 0 Å². The topological polar surface area (TPSA) is 44.8 Å². The Morgan fingerprint density at radius 1 is 0.667 bits per heavy atom. The fourth-order valence-corrected chi connectivity index (χ4v) is 3.88. The maximum absolute atomic E-state index is 14.9. The van der Waals surface area contributed by atoms with Crippen molar-refractivity contribution in [1.82, 2.24) is 0 Å². The molecule has 0 atom stereocenters. The van der Waals surface area contributed by atoms with Gasteiger partial charge < -0.3 is 14.2 Å². The predicted octanol–water partition coefficient (Wildman–Crippen LogP) is 8.62. The van der Waals surface area contributed by atoms with E-state index >= 15 is 0 Å². The Kier molecular flexibility index (Phi) is 9.26. The van der Waals surface area contributed by atoms with Crippen molar-refractivity contribution < 1.29 is 32.2 Å². The first-order chi connectivity index (χ1) is 18.9. The number of unbranched alkanes of at least 4 members (excludes halogenated alkanes) is 1. The summed E-state index contributed by atoms with van der Waals surface area (Å²) in [6.07, 6.45) is 2.64. The fraction of sp³-hybridized carbons (Fsp3) is 0.219. The highest BCUT2D eigenvalue weighted by Crippen LogP contribution is 2.30. The Bertz CT molecular complexity index is 1420. The van der Waals surface area contributed by atoms with E-state index in [9.17, 15) is 18.0 Å². The maximum atomic E-state index is 14.9. The molecule has 4 aromatic carbocycles. The first-order valence-corrected chi connectivity index (χ1v) is 12.9. The van der Waals surface area contributed by atoms with E-state index in [2.05, 4.69) is 0 Å². The van der Waals surface area contributed by atoms with Crippen molar-refractivity contribution in [2.24, 2.45) is 0 Å². The molecule has 0 aliphatic carbocycles. The summed E-state index contributed by atoms with van der Waals surface area (Å²) in [6, 6.07) is 20.1. The summed E-state index contributed by atoms with van der Waals surface area (Å²) in [5.74, 6) is -2.99. The van der Waals surface area contributed by atoms with Crippen LogP contribution in [-0.2, 0) is 0 Å². The molecule has 0 fully saturated rings. The van der Waals surface area contributed by atoms with Crippen LogP contribution < -0.4 is 14.2 Å². The van der Waals surface area contributed by atoms with E-state index in [1.807, 2.05) is 13.8 Å². The number of ether oxygens (including phenoxy) is 3. The lowest BCUT2D eigenvalue weighted by Crippen LogP contribution is -2.12. The number of esters is 1. The lowest BCUT2D eigenvalue weighted by molar-refractivity contribution is 0.0728. The lowest BCUT2D eigenvalue weighted by Gasteiger charge is -2.11. The quantitative estimate of drug-likeness (QED) is 0.110. The van der Waals surface area contributed by atoms with Gasteiger partial charge in [-0.05, 0) is 72.0 Å². The smallest absolute Gasteiger partial charge is 0.346 e. The Hall–Kier alpha value is -4.26. The summed E-state index contributed by atoms with van der Waals surface area (Å²) >= 11 is 0. The van der Waals surface area contributed by atoms with E-state index in [0.717, 1.165) is 19.3 Å². The van der Waals surface area contributed by atoms with Crippen molar-refractivity contribution in [3.8, 4) is 39.5 Å². The minimum Gasteiger partial charge on any atom is -0.494 e. The van der Waals surface area contributed by atoms with Crippen LogP contribution >= 0.6 is 0 Å². The molecule has 0 heterocycles.